The molecular weight excluding hydrogens is 686 g/mol. The number of nitrogens with one attached hydrogen (secondary N) is 1. The van der Waals surface area contributed by atoms with Crippen molar-refractivity contribution in [3.05, 3.63) is 91.9 Å². The van der Waals surface area contributed by atoms with E-state index < -0.39 is 28.1 Å². The number of hydrogen-bond donors (Lipinski definition) is 3. The molecule has 0 bridgehead atoms. The van der Waals surface area contributed by atoms with Crippen LogP contribution in [0.15, 0.2) is 75.1 Å². The first-order valence-electron chi connectivity index (χ1n) is 14.2. The number of aromatic nitrogens is 2. The molecule has 0 unspecified atom stereocenters. The van der Waals surface area contributed by atoms with E-state index in [1.807, 2.05) is 6.07 Å². The Labute approximate surface area is 273 Å². The highest BCUT2D eigenvalue weighted by molar-refractivity contribution is 9.10. The Hall–Kier alpha value is -3.62. The van der Waals surface area contributed by atoms with Gasteiger partial charge in [0.05, 0.1) is 33.3 Å². The van der Waals surface area contributed by atoms with Gasteiger partial charge in [-0.2, -0.15) is 0 Å². The Morgan fingerprint density at radius 3 is 2.64 bits per heavy atom. The number of nitrogens with two attached hydrogens (primary N) is 1. The zero-order valence-electron chi connectivity index (χ0n) is 24.2. The third kappa shape index (κ3) is 6.82. The van der Waals surface area contributed by atoms with Crippen molar-refractivity contribution in [3.63, 3.8) is 0 Å². The smallest absolute Gasteiger partial charge is 0.266 e. The number of nitrogens with zero attached hydrogens (tertiary/aromatic N) is 3. The number of unbranched alkanes of at least 4 members (excludes halogenated alkanes) is 2. The van der Waals surface area contributed by atoms with Gasteiger partial charge in [0.1, 0.15) is 6.04 Å². The molecule has 1 aliphatic rings. The van der Waals surface area contributed by atoms with Crippen molar-refractivity contribution >= 4 is 60.3 Å². The van der Waals surface area contributed by atoms with E-state index in [-0.39, 0.29) is 29.3 Å². The van der Waals surface area contributed by atoms with E-state index in [0.717, 1.165) is 9.87 Å². The maximum absolute atomic E-state index is 13.9. The van der Waals surface area contributed by atoms with E-state index in [2.05, 4.69) is 26.2 Å². The Bertz CT molecular complexity index is 1970. The summed E-state index contributed by atoms with van der Waals surface area (Å²) in [6.45, 7) is 1.86. The van der Waals surface area contributed by atoms with Crippen LogP contribution in [-0.2, 0) is 27.9 Å². The molecule has 11 nitrogen and oxygen atoms in total. The maximum atomic E-state index is 13.9. The number of halogens is 2. The molecule has 5 rings (SSSR count). The molecule has 236 valence electrons. The standard InChI is InChI=1S/C31H31BrClN5O6S/c1-18(39)28(34)31(42)38(11-4-2-3-10-37-17-36-27-15-25(32)26(33)14-24(27)30(37)41)45(43,44)22-7-5-6-19(13-22)20-8-9-23-21(12-20)16-35-29(23)40/h5-9,12-15,17-18,28,39H,2-4,10-11,16,34H2,1H3,(H,35,40)/t18-,28-/m1/s1. The van der Waals surface area contributed by atoms with Crippen molar-refractivity contribution in [2.24, 2.45) is 5.73 Å². The van der Waals surface area contributed by atoms with Gasteiger partial charge in [0.15, 0.2) is 0 Å². The number of fused-ring (bicyclic) bond motifs is 2. The number of carbonyl (C=O) groups is 2. The second-order valence-electron chi connectivity index (χ2n) is 10.9. The normalized spacial score (nSPS) is 14.2. The predicted octanol–water partition coefficient (Wildman–Crippen LogP) is 3.82. The number of aryl methyl sites for hydroxylation is 1. The van der Waals surface area contributed by atoms with E-state index in [9.17, 15) is 27.9 Å². The van der Waals surface area contributed by atoms with Crippen molar-refractivity contribution in [2.75, 3.05) is 6.54 Å². The summed E-state index contributed by atoms with van der Waals surface area (Å²) in [6.07, 6.45) is 1.46. The van der Waals surface area contributed by atoms with Crippen LogP contribution in [0.5, 0.6) is 0 Å². The van der Waals surface area contributed by atoms with Gasteiger partial charge in [0, 0.05) is 29.7 Å². The molecule has 45 heavy (non-hydrogen) atoms. The third-order valence-corrected chi connectivity index (χ3v) is 10.7. The first-order valence-corrected chi connectivity index (χ1v) is 16.9. The van der Waals surface area contributed by atoms with Gasteiger partial charge in [0.25, 0.3) is 27.4 Å². The van der Waals surface area contributed by atoms with Crippen molar-refractivity contribution < 1.29 is 23.1 Å². The number of amides is 2. The van der Waals surface area contributed by atoms with E-state index in [1.54, 1.807) is 36.4 Å². The van der Waals surface area contributed by atoms with Gasteiger partial charge in [-0.25, -0.2) is 17.7 Å². The molecule has 0 fully saturated rings. The van der Waals surface area contributed by atoms with Crippen LogP contribution in [0.4, 0.5) is 0 Å². The Morgan fingerprint density at radius 2 is 1.89 bits per heavy atom. The lowest BCUT2D eigenvalue weighted by molar-refractivity contribution is -0.130. The summed E-state index contributed by atoms with van der Waals surface area (Å²) in [6, 6.07) is 13.3. The number of aliphatic hydroxyl groups is 1. The van der Waals surface area contributed by atoms with Crippen LogP contribution in [0.25, 0.3) is 22.0 Å². The molecule has 1 aromatic heterocycles. The highest BCUT2D eigenvalue weighted by atomic mass is 79.9. The Morgan fingerprint density at radius 1 is 1.13 bits per heavy atom. The molecule has 0 radical (unpaired) electrons. The third-order valence-electron chi connectivity index (χ3n) is 7.72. The molecule has 2 amide bonds. The van der Waals surface area contributed by atoms with Gasteiger partial charge in [-0.15, -0.1) is 0 Å². The fourth-order valence-corrected chi connectivity index (χ4v) is 7.13. The molecule has 0 saturated heterocycles. The van der Waals surface area contributed by atoms with Gasteiger partial charge in [-0.1, -0.05) is 29.8 Å². The molecule has 14 heteroatoms. The molecule has 1 aliphatic heterocycles. The van der Waals surface area contributed by atoms with Crippen molar-refractivity contribution in [1.82, 2.24) is 19.2 Å². The summed E-state index contributed by atoms with van der Waals surface area (Å²) in [7, 11) is -4.36. The molecule has 4 N–H and O–H groups in total. The minimum absolute atomic E-state index is 0.111. The largest absolute Gasteiger partial charge is 0.391 e. The van der Waals surface area contributed by atoms with Crippen LogP contribution >= 0.6 is 27.5 Å². The van der Waals surface area contributed by atoms with E-state index in [4.69, 9.17) is 17.3 Å². The number of sulfonamides is 1. The minimum atomic E-state index is -4.36. The molecule has 2 atom stereocenters. The zero-order chi connectivity index (χ0) is 32.5. The van der Waals surface area contributed by atoms with Crippen LogP contribution in [0.1, 0.15) is 42.1 Å². The molecule has 3 aromatic carbocycles. The summed E-state index contributed by atoms with van der Waals surface area (Å²) in [4.78, 5) is 42.4. The van der Waals surface area contributed by atoms with Gasteiger partial charge in [-0.05, 0) is 95.2 Å². The predicted molar refractivity (Wildman–Crippen MR) is 174 cm³/mol. The van der Waals surface area contributed by atoms with E-state index in [1.165, 1.54) is 30.0 Å². The van der Waals surface area contributed by atoms with Crippen LogP contribution in [0.2, 0.25) is 5.02 Å². The van der Waals surface area contributed by atoms with Crippen LogP contribution < -0.4 is 16.6 Å². The van der Waals surface area contributed by atoms with E-state index >= 15 is 0 Å². The Balaban J connectivity index is 1.32. The zero-order valence-corrected chi connectivity index (χ0v) is 27.4. The lowest BCUT2D eigenvalue weighted by Crippen LogP contribution is -2.51. The number of aliphatic hydroxyl groups excluding tert-OH is 1. The average molecular weight is 717 g/mol. The highest BCUT2D eigenvalue weighted by Crippen LogP contribution is 2.29. The molecule has 2 heterocycles. The van der Waals surface area contributed by atoms with Gasteiger partial charge >= 0.3 is 0 Å². The molecule has 0 aliphatic carbocycles. The first kappa shape index (κ1) is 32.8. The second-order valence-corrected chi connectivity index (χ2v) is 14.0. The average Bonchev–Trinajstić information content (AvgIpc) is 3.39. The highest BCUT2D eigenvalue weighted by Gasteiger charge is 2.34. The first-order chi connectivity index (χ1) is 21.4. The lowest BCUT2D eigenvalue weighted by atomic mass is 10.0. The number of hydrogen-bond acceptors (Lipinski definition) is 8. The lowest BCUT2D eigenvalue weighted by Gasteiger charge is -2.26. The van der Waals surface area contributed by atoms with Crippen molar-refractivity contribution in [2.45, 2.75) is 56.3 Å². The van der Waals surface area contributed by atoms with Crippen molar-refractivity contribution in [3.8, 4) is 11.1 Å². The Kier molecular flexibility index (Phi) is 9.75. The number of rotatable bonds is 11. The van der Waals surface area contributed by atoms with Crippen LogP contribution in [0.3, 0.4) is 0 Å². The molecule has 0 spiro atoms. The van der Waals surface area contributed by atoms with Crippen molar-refractivity contribution in [1.29, 1.82) is 0 Å². The maximum Gasteiger partial charge on any atom is 0.266 e. The number of benzene rings is 3. The summed E-state index contributed by atoms with van der Waals surface area (Å²) >= 11 is 9.48. The molecule has 0 saturated carbocycles. The monoisotopic (exact) mass is 715 g/mol. The van der Waals surface area contributed by atoms with Crippen LogP contribution in [-0.4, -0.2) is 57.9 Å². The SMILES string of the molecule is C[C@@H](O)[C@@H](N)C(=O)N(CCCCCn1cnc2cc(Br)c(Cl)cc2c1=O)S(=O)(=O)c1cccc(-c2ccc3c(c2)CNC3=O)c1. The molecule has 4 aromatic rings. The fourth-order valence-electron chi connectivity index (χ4n) is 5.12. The van der Waals surface area contributed by atoms with Gasteiger partial charge in [-0.3, -0.25) is 19.0 Å². The summed E-state index contributed by atoms with van der Waals surface area (Å²) < 4.78 is 30.6. The quantitative estimate of drug-likeness (QED) is 0.197. The summed E-state index contributed by atoms with van der Waals surface area (Å²) in [5.74, 6) is -1.08. The van der Waals surface area contributed by atoms with E-state index in [0.29, 0.717) is 63.0 Å². The fraction of sp³-hybridized carbons (Fsp3) is 0.290. The topological polar surface area (TPSA) is 165 Å². The van der Waals surface area contributed by atoms with Gasteiger partial charge in [0.2, 0.25) is 0 Å². The summed E-state index contributed by atoms with van der Waals surface area (Å²) in [5.41, 5.74) is 8.86. The van der Waals surface area contributed by atoms with Gasteiger partial charge < -0.3 is 16.2 Å². The second kappa shape index (κ2) is 13.4. The number of carbonyl (C=O) groups excluding carboxylic acids is 2. The molecular formula is C31H31BrClN5O6S. The van der Waals surface area contributed by atoms with Crippen LogP contribution in [0, 0.1) is 0 Å². The minimum Gasteiger partial charge on any atom is -0.391 e. The summed E-state index contributed by atoms with van der Waals surface area (Å²) in [5, 5.41) is 13.5.